The third-order valence-electron chi connectivity index (χ3n) is 7.13. The summed E-state index contributed by atoms with van der Waals surface area (Å²) < 4.78 is 68.2. The number of amides is 1. The normalized spacial score (nSPS) is 12.7. The minimum atomic E-state index is -2.93. The number of nitrogens with zero attached hydrogens (tertiary/aromatic N) is 2. The number of hydrogen-bond acceptors (Lipinski definition) is 5. The molecule has 43 heavy (non-hydrogen) atoms. The predicted octanol–water partition coefficient (Wildman–Crippen LogP) is 7.11. The van der Waals surface area contributed by atoms with Crippen molar-refractivity contribution in [1.29, 1.82) is 0 Å². The maximum atomic E-state index is 14.1. The molecule has 0 aliphatic rings. The number of fused-ring (bicyclic) bond motifs is 1. The van der Waals surface area contributed by atoms with Crippen LogP contribution in [0, 0.1) is 24.0 Å². The van der Waals surface area contributed by atoms with Gasteiger partial charge in [0.15, 0.2) is 11.4 Å². The van der Waals surface area contributed by atoms with E-state index < -0.39 is 47.5 Å². The summed E-state index contributed by atoms with van der Waals surface area (Å²) in [6, 6.07) is 13.6. The number of halogens is 4. The molecule has 2 aromatic carbocycles. The number of imidazole rings is 1. The summed E-state index contributed by atoms with van der Waals surface area (Å²) in [6.45, 7) is 5.03. The molecule has 4 rings (SSSR count). The van der Waals surface area contributed by atoms with Gasteiger partial charge in [0.25, 0.3) is 12.3 Å². The molecular weight excluding hydrogens is 566 g/mol. The van der Waals surface area contributed by atoms with Crippen LogP contribution in [0.3, 0.4) is 0 Å². The van der Waals surface area contributed by atoms with E-state index in [4.69, 9.17) is 9.47 Å². The SMILES string of the molecule is CCCC(C)(CNC(=O)c1c(C)nc2c(OCc3c(F)cccc3F)cc(C(F)F)cn12)CC(=O)OCc1ccccc1. The van der Waals surface area contributed by atoms with Gasteiger partial charge >= 0.3 is 5.97 Å². The summed E-state index contributed by atoms with van der Waals surface area (Å²) in [4.78, 5) is 30.5. The third kappa shape index (κ3) is 7.71. The molecule has 0 radical (unpaired) electrons. The van der Waals surface area contributed by atoms with Crippen molar-refractivity contribution in [3.8, 4) is 5.75 Å². The van der Waals surface area contributed by atoms with Gasteiger partial charge < -0.3 is 14.8 Å². The second-order valence-electron chi connectivity index (χ2n) is 10.7. The van der Waals surface area contributed by atoms with Crippen LogP contribution in [0.15, 0.2) is 60.8 Å². The van der Waals surface area contributed by atoms with Gasteiger partial charge in [0.05, 0.1) is 17.7 Å². The van der Waals surface area contributed by atoms with Crippen LogP contribution in [0.25, 0.3) is 5.65 Å². The molecule has 0 saturated heterocycles. The highest BCUT2D eigenvalue weighted by Gasteiger charge is 2.30. The topological polar surface area (TPSA) is 81.9 Å². The Balaban J connectivity index is 1.53. The zero-order valence-corrected chi connectivity index (χ0v) is 24.1. The fraction of sp³-hybridized carbons (Fsp3) is 0.344. The molecule has 7 nitrogen and oxygen atoms in total. The molecule has 0 saturated carbocycles. The van der Waals surface area contributed by atoms with Crippen LogP contribution in [0.5, 0.6) is 5.75 Å². The Bertz CT molecular complexity index is 1570. The summed E-state index contributed by atoms with van der Waals surface area (Å²) in [5.74, 6) is -2.86. The van der Waals surface area contributed by atoms with E-state index in [0.29, 0.717) is 6.42 Å². The van der Waals surface area contributed by atoms with E-state index in [0.717, 1.165) is 36.4 Å². The van der Waals surface area contributed by atoms with Gasteiger partial charge in [0.1, 0.15) is 30.5 Å². The average molecular weight is 600 g/mol. The number of nitrogens with one attached hydrogen (secondary N) is 1. The van der Waals surface area contributed by atoms with Crippen molar-refractivity contribution in [3.63, 3.8) is 0 Å². The van der Waals surface area contributed by atoms with Crippen LogP contribution in [-0.2, 0) is 22.7 Å². The van der Waals surface area contributed by atoms with Crippen LogP contribution in [0.1, 0.15) is 72.4 Å². The first-order valence-corrected chi connectivity index (χ1v) is 13.9. The molecule has 11 heteroatoms. The van der Waals surface area contributed by atoms with Crippen molar-refractivity contribution in [3.05, 3.63) is 101 Å². The highest BCUT2D eigenvalue weighted by Crippen LogP contribution is 2.31. The predicted molar refractivity (Wildman–Crippen MR) is 152 cm³/mol. The van der Waals surface area contributed by atoms with Gasteiger partial charge in [-0.05, 0) is 42.5 Å². The second-order valence-corrected chi connectivity index (χ2v) is 10.7. The highest BCUT2D eigenvalue weighted by atomic mass is 19.3. The first-order chi connectivity index (χ1) is 20.5. The van der Waals surface area contributed by atoms with E-state index in [9.17, 15) is 27.2 Å². The Morgan fingerprint density at radius 2 is 1.74 bits per heavy atom. The van der Waals surface area contributed by atoms with Crippen LogP contribution in [0.4, 0.5) is 17.6 Å². The minimum Gasteiger partial charge on any atom is -0.485 e. The van der Waals surface area contributed by atoms with E-state index in [1.165, 1.54) is 17.4 Å². The van der Waals surface area contributed by atoms with E-state index in [-0.39, 0.29) is 47.9 Å². The van der Waals surface area contributed by atoms with Gasteiger partial charge in [0.2, 0.25) is 0 Å². The third-order valence-corrected chi connectivity index (χ3v) is 7.13. The number of esters is 1. The number of rotatable bonds is 13. The smallest absolute Gasteiger partial charge is 0.306 e. The lowest BCUT2D eigenvalue weighted by Gasteiger charge is -2.28. The number of ether oxygens (including phenoxy) is 2. The Kier molecular flexibility index (Phi) is 10.1. The molecule has 0 fully saturated rings. The molecular formula is C32H33F4N3O4. The number of aryl methyl sites for hydroxylation is 1. The summed E-state index contributed by atoms with van der Waals surface area (Å²) in [5.41, 5.74) is -0.379. The highest BCUT2D eigenvalue weighted by molar-refractivity contribution is 5.95. The van der Waals surface area contributed by atoms with Gasteiger partial charge in [-0.25, -0.2) is 22.5 Å². The largest absolute Gasteiger partial charge is 0.485 e. The van der Waals surface area contributed by atoms with Gasteiger partial charge in [-0.2, -0.15) is 0 Å². The van der Waals surface area contributed by atoms with Gasteiger partial charge in [-0.1, -0.05) is 56.7 Å². The van der Waals surface area contributed by atoms with Crippen molar-refractivity contribution < 1.29 is 36.6 Å². The number of alkyl halides is 2. The lowest BCUT2D eigenvalue weighted by atomic mass is 9.82. The van der Waals surface area contributed by atoms with Gasteiger partial charge in [-0.3, -0.25) is 14.0 Å². The summed E-state index contributed by atoms with van der Waals surface area (Å²) >= 11 is 0. The number of carbonyl (C=O) groups is 2. The fourth-order valence-corrected chi connectivity index (χ4v) is 4.92. The Hall–Kier alpha value is -4.41. The van der Waals surface area contributed by atoms with Gasteiger partial charge in [0, 0.05) is 18.3 Å². The Labute approximate surface area is 246 Å². The van der Waals surface area contributed by atoms with Gasteiger partial charge in [-0.15, -0.1) is 0 Å². The summed E-state index contributed by atoms with van der Waals surface area (Å²) in [7, 11) is 0. The summed E-state index contributed by atoms with van der Waals surface area (Å²) in [6.07, 6.45) is -0.434. The van der Waals surface area contributed by atoms with Crippen molar-refractivity contribution in [2.75, 3.05) is 6.54 Å². The molecule has 4 aromatic rings. The maximum absolute atomic E-state index is 14.1. The molecule has 0 aliphatic heterocycles. The van der Waals surface area contributed by atoms with Crippen molar-refractivity contribution in [2.45, 2.75) is 59.7 Å². The van der Waals surface area contributed by atoms with Crippen molar-refractivity contribution >= 4 is 17.5 Å². The van der Waals surface area contributed by atoms with E-state index >= 15 is 0 Å². The van der Waals surface area contributed by atoms with Crippen LogP contribution in [0.2, 0.25) is 0 Å². The first kappa shape index (κ1) is 31.5. The van der Waals surface area contributed by atoms with Crippen LogP contribution < -0.4 is 10.1 Å². The number of carbonyl (C=O) groups excluding carboxylic acids is 2. The standard InChI is InChI=1S/C32H33F4N3O4/c1-4-13-32(3,15-27(40)43-17-21-9-6-5-7-10-21)19-37-31(41)28-20(2)38-30-26(14-22(29(35)36)16-39(28)30)42-18-23-24(33)11-8-12-25(23)34/h5-12,14,16,29H,4,13,15,17-19H2,1-3H3,(H,37,41). The molecule has 0 aliphatic carbocycles. The van der Waals surface area contributed by atoms with E-state index in [1.807, 2.05) is 44.2 Å². The zero-order valence-electron chi connectivity index (χ0n) is 24.1. The minimum absolute atomic E-state index is 0.00933. The number of hydrogen-bond donors (Lipinski definition) is 1. The molecule has 2 heterocycles. The average Bonchev–Trinajstić information content (AvgIpc) is 3.31. The quantitative estimate of drug-likeness (QED) is 0.131. The lowest BCUT2D eigenvalue weighted by molar-refractivity contribution is -0.147. The zero-order chi connectivity index (χ0) is 31.1. The van der Waals surface area contributed by atoms with E-state index in [1.54, 1.807) is 0 Å². The molecule has 0 spiro atoms. The molecule has 1 N–H and O–H groups in total. The van der Waals surface area contributed by atoms with Crippen LogP contribution in [-0.4, -0.2) is 27.8 Å². The number of benzene rings is 2. The molecule has 1 atom stereocenters. The molecule has 1 amide bonds. The number of pyridine rings is 1. The van der Waals surface area contributed by atoms with Crippen LogP contribution >= 0.6 is 0 Å². The first-order valence-electron chi connectivity index (χ1n) is 13.9. The Morgan fingerprint density at radius 3 is 2.40 bits per heavy atom. The monoisotopic (exact) mass is 599 g/mol. The van der Waals surface area contributed by atoms with Crippen molar-refractivity contribution in [2.24, 2.45) is 5.41 Å². The lowest BCUT2D eigenvalue weighted by Crippen LogP contribution is -2.38. The van der Waals surface area contributed by atoms with Crippen molar-refractivity contribution in [1.82, 2.24) is 14.7 Å². The maximum Gasteiger partial charge on any atom is 0.306 e. The Morgan fingerprint density at radius 1 is 1.05 bits per heavy atom. The number of aromatic nitrogens is 2. The second kappa shape index (κ2) is 13.7. The fourth-order valence-electron chi connectivity index (χ4n) is 4.92. The molecule has 2 aromatic heterocycles. The molecule has 228 valence electrons. The molecule has 0 bridgehead atoms. The van der Waals surface area contributed by atoms with E-state index in [2.05, 4.69) is 10.3 Å². The molecule has 1 unspecified atom stereocenters. The summed E-state index contributed by atoms with van der Waals surface area (Å²) in [5, 5.41) is 2.83.